The van der Waals surface area contributed by atoms with Gasteiger partial charge in [-0.05, 0) is 35.2 Å². The Balaban J connectivity index is 1.37. The third-order valence-electron chi connectivity index (χ3n) is 5.16. The predicted molar refractivity (Wildman–Crippen MR) is 121 cm³/mol. The van der Waals surface area contributed by atoms with Crippen molar-refractivity contribution in [2.24, 2.45) is 0 Å². The Hall–Kier alpha value is -3.05. The van der Waals surface area contributed by atoms with Gasteiger partial charge in [0.25, 0.3) is 5.91 Å². The fraction of sp³-hybridized carbons (Fsp3) is 0.200. The van der Waals surface area contributed by atoms with E-state index in [1.54, 1.807) is 11.8 Å². The van der Waals surface area contributed by atoms with Crippen molar-refractivity contribution in [3.8, 4) is 0 Å². The van der Waals surface area contributed by atoms with Crippen LogP contribution in [0.4, 0.5) is 0 Å². The molecule has 1 N–H and O–H groups in total. The zero-order valence-corrected chi connectivity index (χ0v) is 17.5. The Kier molecular flexibility index (Phi) is 6.50. The van der Waals surface area contributed by atoms with Crippen molar-refractivity contribution >= 4 is 23.6 Å². The van der Waals surface area contributed by atoms with Crippen molar-refractivity contribution < 1.29 is 9.59 Å². The highest BCUT2D eigenvalue weighted by molar-refractivity contribution is 8.00. The van der Waals surface area contributed by atoms with Gasteiger partial charge in [-0.15, -0.1) is 11.8 Å². The molecule has 2 amide bonds. The lowest BCUT2D eigenvalue weighted by molar-refractivity contribution is -0.128. The lowest BCUT2D eigenvalue weighted by Crippen LogP contribution is -2.28. The standard InChI is InChI=1S/C25H24N2O2S/c28-23-18-30-25(27(23)17-20-9-5-2-6-10-20)22-13-11-21(12-14-22)24(29)26-16-15-19-7-3-1-4-8-19/h1-14,25H,15-18H2,(H,26,29). The van der Waals surface area contributed by atoms with Gasteiger partial charge in [-0.25, -0.2) is 0 Å². The maximum atomic E-state index is 12.4. The summed E-state index contributed by atoms with van der Waals surface area (Å²) in [6, 6.07) is 27.7. The van der Waals surface area contributed by atoms with E-state index >= 15 is 0 Å². The molecule has 30 heavy (non-hydrogen) atoms. The van der Waals surface area contributed by atoms with Gasteiger partial charge in [0.05, 0.1) is 5.75 Å². The second kappa shape index (κ2) is 9.63. The first kappa shape index (κ1) is 20.2. The molecule has 0 aromatic heterocycles. The topological polar surface area (TPSA) is 49.4 Å². The molecule has 0 radical (unpaired) electrons. The van der Waals surface area contributed by atoms with Gasteiger partial charge in [-0.3, -0.25) is 9.59 Å². The Morgan fingerprint density at radius 1 is 0.900 bits per heavy atom. The van der Waals surface area contributed by atoms with Gasteiger partial charge in [-0.2, -0.15) is 0 Å². The van der Waals surface area contributed by atoms with Crippen molar-refractivity contribution in [1.82, 2.24) is 10.2 Å². The highest BCUT2D eigenvalue weighted by Crippen LogP contribution is 2.39. The quantitative estimate of drug-likeness (QED) is 0.620. The van der Waals surface area contributed by atoms with Crippen LogP contribution in [-0.2, 0) is 17.8 Å². The Bertz CT molecular complexity index is 991. The van der Waals surface area contributed by atoms with E-state index in [1.165, 1.54) is 5.56 Å². The lowest BCUT2D eigenvalue weighted by atomic mass is 10.1. The second-order valence-corrected chi connectivity index (χ2v) is 8.35. The molecule has 1 heterocycles. The van der Waals surface area contributed by atoms with E-state index in [2.05, 4.69) is 17.4 Å². The molecule has 0 spiro atoms. The number of benzene rings is 3. The summed E-state index contributed by atoms with van der Waals surface area (Å²) in [5, 5.41) is 2.96. The molecular formula is C25H24N2O2S. The summed E-state index contributed by atoms with van der Waals surface area (Å²) in [7, 11) is 0. The first-order chi connectivity index (χ1) is 14.7. The highest BCUT2D eigenvalue weighted by atomic mass is 32.2. The molecule has 1 fully saturated rings. The van der Waals surface area contributed by atoms with E-state index in [4.69, 9.17) is 0 Å². The van der Waals surface area contributed by atoms with Crippen LogP contribution in [0.1, 0.15) is 32.4 Å². The molecule has 4 nitrogen and oxygen atoms in total. The maximum absolute atomic E-state index is 12.4. The average molecular weight is 417 g/mol. The molecule has 0 saturated carbocycles. The maximum Gasteiger partial charge on any atom is 0.251 e. The van der Waals surface area contributed by atoms with Crippen molar-refractivity contribution in [1.29, 1.82) is 0 Å². The Labute approximate surface area is 181 Å². The normalized spacial score (nSPS) is 15.9. The minimum absolute atomic E-state index is 0.0205. The highest BCUT2D eigenvalue weighted by Gasteiger charge is 2.32. The monoisotopic (exact) mass is 416 g/mol. The smallest absolute Gasteiger partial charge is 0.251 e. The molecule has 152 valence electrons. The minimum atomic E-state index is -0.0752. The van der Waals surface area contributed by atoms with Crippen LogP contribution in [0.3, 0.4) is 0 Å². The largest absolute Gasteiger partial charge is 0.352 e. The van der Waals surface area contributed by atoms with E-state index in [9.17, 15) is 9.59 Å². The van der Waals surface area contributed by atoms with Gasteiger partial charge >= 0.3 is 0 Å². The summed E-state index contributed by atoms with van der Waals surface area (Å²) in [6.07, 6.45) is 0.805. The van der Waals surface area contributed by atoms with E-state index in [1.807, 2.05) is 77.7 Å². The van der Waals surface area contributed by atoms with Gasteiger partial charge in [0.1, 0.15) is 5.37 Å². The van der Waals surface area contributed by atoms with Gasteiger partial charge in [0, 0.05) is 18.7 Å². The van der Waals surface area contributed by atoms with Crippen LogP contribution >= 0.6 is 11.8 Å². The van der Waals surface area contributed by atoms with Crippen LogP contribution in [0.25, 0.3) is 0 Å². The number of rotatable bonds is 7. The second-order valence-electron chi connectivity index (χ2n) is 7.28. The summed E-state index contributed by atoms with van der Waals surface area (Å²) in [4.78, 5) is 26.8. The van der Waals surface area contributed by atoms with Gasteiger partial charge < -0.3 is 10.2 Å². The SMILES string of the molecule is O=C(NCCc1ccccc1)c1ccc(C2SCC(=O)N2Cc2ccccc2)cc1. The van der Waals surface area contributed by atoms with Crippen LogP contribution in [0.5, 0.6) is 0 Å². The molecule has 4 rings (SSSR count). The zero-order valence-electron chi connectivity index (χ0n) is 16.7. The predicted octanol–water partition coefficient (Wildman–Crippen LogP) is 4.43. The Morgan fingerprint density at radius 2 is 1.53 bits per heavy atom. The third kappa shape index (κ3) is 4.92. The molecule has 1 saturated heterocycles. The van der Waals surface area contributed by atoms with Crippen molar-refractivity contribution in [2.45, 2.75) is 18.3 Å². The number of hydrogen-bond donors (Lipinski definition) is 1. The minimum Gasteiger partial charge on any atom is -0.352 e. The summed E-state index contributed by atoms with van der Waals surface area (Å²) in [5.74, 6) is 0.560. The Morgan fingerprint density at radius 3 is 2.20 bits per heavy atom. The molecule has 0 bridgehead atoms. The fourth-order valence-corrected chi connectivity index (χ4v) is 4.74. The van der Waals surface area contributed by atoms with E-state index in [0.29, 0.717) is 24.4 Å². The number of nitrogens with zero attached hydrogens (tertiary/aromatic N) is 1. The van der Waals surface area contributed by atoms with E-state index in [0.717, 1.165) is 17.5 Å². The molecule has 0 aliphatic carbocycles. The number of carbonyl (C=O) groups excluding carboxylic acids is 2. The molecular weight excluding hydrogens is 392 g/mol. The van der Waals surface area contributed by atoms with Gasteiger partial charge in [-0.1, -0.05) is 72.8 Å². The average Bonchev–Trinajstić information content (AvgIpc) is 3.15. The number of carbonyl (C=O) groups is 2. The number of nitrogens with one attached hydrogen (secondary N) is 1. The molecule has 1 unspecified atom stereocenters. The molecule has 1 atom stereocenters. The number of hydrogen-bond acceptors (Lipinski definition) is 3. The first-order valence-electron chi connectivity index (χ1n) is 10.1. The number of amides is 2. The molecule has 1 aliphatic heterocycles. The third-order valence-corrected chi connectivity index (χ3v) is 6.42. The molecule has 5 heteroatoms. The molecule has 1 aliphatic rings. The summed E-state index contributed by atoms with van der Waals surface area (Å²) < 4.78 is 0. The van der Waals surface area contributed by atoms with Crippen LogP contribution < -0.4 is 5.32 Å². The van der Waals surface area contributed by atoms with Crippen LogP contribution in [-0.4, -0.2) is 29.0 Å². The molecule has 3 aromatic carbocycles. The van der Waals surface area contributed by atoms with Crippen LogP contribution in [0.2, 0.25) is 0 Å². The zero-order chi connectivity index (χ0) is 20.8. The van der Waals surface area contributed by atoms with Crippen molar-refractivity contribution in [2.75, 3.05) is 12.3 Å². The van der Waals surface area contributed by atoms with E-state index in [-0.39, 0.29) is 17.2 Å². The molecule has 3 aromatic rings. The van der Waals surface area contributed by atoms with Crippen LogP contribution in [0, 0.1) is 0 Å². The lowest BCUT2D eigenvalue weighted by Gasteiger charge is -2.24. The van der Waals surface area contributed by atoms with Gasteiger partial charge in [0.15, 0.2) is 0 Å². The van der Waals surface area contributed by atoms with Crippen molar-refractivity contribution in [3.05, 3.63) is 107 Å². The van der Waals surface area contributed by atoms with Crippen molar-refractivity contribution in [3.63, 3.8) is 0 Å². The summed E-state index contributed by atoms with van der Waals surface area (Å²) >= 11 is 1.63. The number of thioether (sulfide) groups is 1. The van der Waals surface area contributed by atoms with E-state index < -0.39 is 0 Å². The fourth-order valence-electron chi connectivity index (χ4n) is 3.55. The summed E-state index contributed by atoms with van der Waals surface area (Å²) in [5.41, 5.74) is 4.00. The summed E-state index contributed by atoms with van der Waals surface area (Å²) in [6.45, 7) is 1.20. The van der Waals surface area contributed by atoms with Gasteiger partial charge in [0.2, 0.25) is 5.91 Å². The first-order valence-corrected chi connectivity index (χ1v) is 11.1. The van der Waals surface area contributed by atoms with Crippen LogP contribution in [0.15, 0.2) is 84.9 Å².